The zero-order chi connectivity index (χ0) is 8.91. The van der Waals surface area contributed by atoms with Gasteiger partial charge in [0.25, 0.3) is 0 Å². The summed E-state index contributed by atoms with van der Waals surface area (Å²) < 4.78 is 24.4. The van der Waals surface area contributed by atoms with Crippen LogP contribution in [0.1, 0.15) is 26.7 Å². The molecule has 3 heteroatoms. The third-order valence-corrected chi connectivity index (χ3v) is 1.84. The first-order chi connectivity index (χ1) is 5.00. The molecule has 0 rings (SSSR count). The van der Waals surface area contributed by atoms with Gasteiger partial charge in [-0.15, -0.1) is 0 Å². The second-order valence-corrected chi connectivity index (χ2v) is 3.50. The molecule has 0 radical (unpaired) electrons. The molecule has 0 saturated carbocycles. The van der Waals surface area contributed by atoms with Crippen LogP contribution in [0.2, 0.25) is 0 Å². The highest BCUT2D eigenvalue weighted by Gasteiger charge is 2.28. The lowest BCUT2D eigenvalue weighted by atomic mass is 9.88. The summed E-state index contributed by atoms with van der Waals surface area (Å²) in [6.07, 6.45) is -0.821. The van der Waals surface area contributed by atoms with E-state index in [1.165, 1.54) is 0 Å². The maximum Gasteiger partial charge on any atom is 0.243 e. The summed E-state index contributed by atoms with van der Waals surface area (Å²) >= 11 is 0. The average molecular weight is 165 g/mol. The summed E-state index contributed by atoms with van der Waals surface area (Å²) in [6.45, 7) is 4.02. The number of halogens is 2. The Bertz CT molecular complexity index is 102. The van der Waals surface area contributed by atoms with E-state index in [-0.39, 0.29) is 0 Å². The van der Waals surface area contributed by atoms with Crippen molar-refractivity contribution in [3.05, 3.63) is 0 Å². The monoisotopic (exact) mass is 165 g/mol. The van der Waals surface area contributed by atoms with Crippen LogP contribution in [0.25, 0.3) is 0 Å². The molecule has 11 heavy (non-hydrogen) atoms. The highest BCUT2D eigenvalue weighted by Crippen LogP contribution is 2.29. The Labute approximate surface area is 67.2 Å². The Morgan fingerprint density at radius 1 is 1.36 bits per heavy atom. The van der Waals surface area contributed by atoms with Gasteiger partial charge in [0.2, 0.25) is 6.43 Å². The molecule has 0 aromatic heterocycles. The van der Waals surface area contributed by atoms with Gasteiger partial charge in [-0.05, 0) is 26.4 Å². The van der Waals surface area contributed by atoms with Crippen LogP contribution in [-0.4, -0.2) is 20.0 Å². The molecule has 0 amide bonds. The van der Waals surface area contributed by atoms with E-state index in [9.17, 15) is 8.78 Å². The normalized spacial score (nSPS) is 12.5. The Morgan fingerprint density at radius 3 is 2.27 bits per heavy atom. The van der Waals surface area contributed by atoms with E-state index >= 15 is 0 Å². The van der Waals surface area contributed by atoms with Crippen molar-refractivity contribution in [2.45, 2.75) is 33.1 Å². The molecule has 0 aromatic rings. The summed E-state index contributed by atoms with van der Waals surface area (Å²) in [6, 6.07) is 0. The van der Waals surface area contributed by atoms with Gasteiger partial charge in [-0.1, -0.05) is 13.8 Å². The molecule has 0 spiro atoms. The molecular weight excluding hydrogens is 148 g/mol. The van der Waals surface area contributed by atoms with Crippen LogP contribution < -0.4 is 5.32 Å². The molecule has 0 aliphatic carbocycles. The maximum atomic E-state index is 12.2. The molecule has 0 aliphatic heterocycles. The average Bonchev–Trinajstić information content (AvgIpc) is 1.88. The van der Waals surface area contributed by atoms with Crippen molar-refractivity contribution >= 4 is 0 Å². The van der Waals surface area contributed by atoms with E-state index in [1.54, 1.807) is 13.8 Å². The molecule has 0 aliphatic rings. The van der Waals surface area contributed by atoms with Gasteiger partial charge >= 0.3 is 0 Å². The van der Waals surface area contributed by atoms with Gasteiger partial charge in [0.1, 0.15) is 0 Å². The van der Waals surface area contributed by atoms with Gasteiger partial charge < -0.3 is 5.32 Å². The van der Waals surface area contributed by atoms with Crippen LogP contribution >= 0.6 is 0 Å². The van der Waals surface area contributed by atoms with E-state index < -0.39 is 11.8 Å². The van der Waals surface area contributed by atoms with E-state index in [0.29, 0.717) is 6.42 Å². The third kappa shape index (κ3) is 4.30. The van der Waals surface area contributed by atoms with Crippen LogP contribution in [0.3, 0.4) is 0 Å². The minimum atomic E-state index is -2.21. The summed E-state index contributed by atoms with van der Waals surface area (Å²) in [4.78, 5) is 0. The lowest BCUT2D eigenvalue weighted by Crippen LogP contribution is -2.23. The minimum absolute atomic E-state index is 0.575. The molecule has 0 atom stereocenters. The summed E-state index contributed by atoms with van der Waals surface area (Å²) in [5, 5.41) is 2.93. The van der Waals surface area contributed by atoms with Crippen LogP contribution in [-0.2, 0) is 0 Å². The molecule has 0 unspecified atom stereocenters. The quantitative estimate of drug-likeness (QED) is 0.616. The SMILES string of the molecule is CNCCCC(C)(C)C(F)F. The third-order valence-electron chi connectivity index (χ3n) is 1.84. The first-order valence-electron chi connectivity index (χ1n) is 3.93. The molecule has 1 nitrogen and oxygen atoms in total. The molecule has 68 valence electrons. The van der Waals surface area contributed by atoms with Gasteiger partial charge in [0.05, 0.1) is 0 Å². The molecule has 0 saturated heterocycles. The van der Waals surface area contributed by atoms with Crippen molar-refractivity contribution in [3.63, 3.8) is 0 Å². The van der Waals surface area contributed by atoms with Crippen LogP contribution in [0.4, 0.5) is 8.78 Å². The molecule has 0 aromatic carbocycles. The molecule has 0 bridgehead atoms. The number of alkyl halides is 2. The lowest BCUT2D eigenvalue weighted by molar-refractivity contribution is 0.0130. The fourth-order valence-electron chi connectivity index (χ4n) is 0.830. The van der Waals surface area contributed by atoms with Crippen molar-refractivity contribution in [2.75, 3.05) is 13.6 Å². The van der Waals surface area contributed by atoms with Crippen LogP contribution in [0.5, 0.6) is 0 Å². The summed E-state index contributed by atoms with van der Waals surface area (Å²) in [5.74, 6) is 0. The largest absolute Gasteiger partial charge is 0.320 e. The Kier molecular flexibility index (Phi) is 4.57. The topological polar surface area (TPSA) is 12.0 Å². The maximum absolute atomic E-state index is 12.2. The highest BCUT2D eigenvalue weighted by molar-refractivity contribution is 4.71. The predicted molar refractivity (Wildman–Crippen MR) is 42.9 cm³/mol. The van der Waals surface area contributed by atoms with Crippen molar-refractivity contribution in [1.82, 2.24) is 5.32 Å². The molecule has 1 N–H and O–H groups in total. The molecule has 0 fully saturated rings. The number of nitrogens with one attached hydrogen (secondary N) is 1. The molecular formula is C8H17F2N. The van der Waals surface area contributed by atoms with Gasteiger partial charge in [0, 0.05) is 5.41 Å². The van der Waals surface area contributed by atoms with E-state index in [1.807, 2.05) is 7.05 Å². The van der Waals surface area contributed by atoms with Crippen LogP contribution in [0, 0.1) is 5.41 Å². The van der Waals surface area contributed by atoms with Gasteiger partial charge in [-0.25, -0.2) is 8.78 Å². The fourth-order valence-corrected chi connectivity index (χ4v) is 0.830. The van der Waals surface area contributed by atoms with E-state index in [4.69, 9.17) is 0 Å². The summed E-state index contributed by atoms with van der Waals surface area (Å²) in [5.41, 5.74) is -0.823. The van der Waals surface area contributed by atoms with Crippen molar-refractivity contribution in [1.29, 1.82) is 0 Å². The van der Waals surface area contributed by atoms with Gasteiger partial charge in [0.15, 0.2) is 0 Å². The van der Waals surface area contributed by atoms with Crippen LogP contribution in [0.15, 0.2) is 0 Å². The zero-order valence-electron chi connectivity index (χ0n) is 7.45. The smallest absolute Gasteiger partial charge is 0.243 e. The first-order valence-corrected chi connectivity index (χ1v) is 3.93. The standard InChI is InChI=1S/C8H17F2N/c1-8(2,7(9)10)5-4-6-11-3/h7,11H,4-6H2,1-3H3. The van der Waals surface area contributed by atoms with Crippen molar-refractivity contribution in [2.24, 2.45) is 5.41 Å². The van der Waals surface area contributed by atoms with E-state index in [0.717, 1.165) is 13.0 Å². The minimum Gasteiger partial charge on any atom is -0.320 e. The number of rotatable bonds is 5. The second kappa shape index (κ2) is 4.65. The second-order valence-electron chi connectivity index (χ2n) is 3.50. The Balaban J connectivity index is 3.55. The van der Waals surface area contributed by atoms with Crippen molar-refractivity contribution < 1.29 is 8.78 Å². The van der Waals surface area contributed by atoms with Gasteiger partial charge in [-0.3, -0.25) is 0 Å². The molecule has 0 heterocycles. The Hall–Kier alpha value is -0.180. The lowest BCUT2D eigenvalue weighted by Gasteiger charge is -2.22. The Morgan fingerprint density at radius 2 is 1.91 bits per heavy atom. The summed E-state index contributed by atoms with van der Waals surface area (Å²) in [7, 11) is 1.83. The number of hydrogen-bond acceptors (Lipinski definition) is 1. The highest BCUT2D eigenvalue weighted by atomic mass is 19.3. The number of hydrogen-bond donors (Lipinski definition) is 1. The fraction of sp³-hybridized carbons (Fsp3) is 1.00. The first kappa shape index (κ1) is 10.8. The van der Waals surface area contributed by atoms with Crippen molar-refractivity contribution in [3.8, 4) is 0 Å². The van der Waals surface area contributed by atoms with E-state index in [2.05, 4.69) is 5.32 Å². The van der Waals surface area contributed by atoms with Gasteiger partial charge in [-0.2, -0.15) is 0 Å². The zero-order valence-corrected chi connectivity index (χ0v) is 7.45. The predicted octanol–water partition coefficient (Wildman–Crippen LogP) is 2.28.